The molecule has 0 radical (unpaired) electrons. The van der Waals surface area contributed by atoms with E-state index in [1.165, 1.54) is 19.2 Å². The molecule has 2 aromatic carbocycles. The quantitative estimate of drug-likeness (QED) is 0.197. The molecule has 0 amide bonds. The van der Waals surface area contributed by atoms with Crippen LogP contribution in [0.25, 0.3) is 22.5 Å². The highest BCUT2D eigenvalue weighted by atomic mass is 16.6. The fourth-order valence-corrected chi connectivity index (χ4v) is 4.89. The van der Waals surface area contributed by atoms with Gasteiger partial charge in [0.05, 0.1) is 24.8 Å². The van der Waals surface area contributed by atoms with E-state index in [1.54, 1.807) is 19.2 Å². The van der Waals surface area contributed by atoms with E-state index in [0.29, 0.717) is 59.2 Å². The van der Waals surface area contributed by atoms with Gasteiger partial charge in [-0.1, -0.05) is 16.4 Å². The average molecular weight is 547 g/mol. The van der Waals surface area contributed by atoms with Crippen LogP contribution in [-0.2, 0) is 12.8 Å². The number of benzene rings is 2. The van der Waals surface area contributed by atoms with Crippen LogP contribution in [0.3, 0.4) is 0 Å². The Kier molecular flexibility index (Phi) is 7.32. The van der Waals surface area contributed by atoms with Crippen LogP contribution in [0.4, 0.5) is 11.4 Å². The summed E-state index contributed by atoms with van der Waals surface area (Å²) in [7, 11) is 2.94. The lowest BCUT2D eigenvalue weighted by Gasteiger charge is -2.10. The molecule has 12 nitrogen and oxygen atoms in total. The van der Waals surface area contributed by atoms with E-state index < -0.39 is 4.92 Å². The number of fused-ring (bicyclic) bond motifs is 2. The molecule has 40 heavy (non-hydrogen) atoms. The Bertz CT molecular complexity index is 1620. The first kappa shape index (κ1) is 26.6. The number of hydrogen-bond acceptors (Lipinski definition) is 11. The summed E-state index contributed by atoms with van der Waals surface area (Å²) in [5.41, 5.74) is 10.6. The Morgan fingerprint density at radius 3 is 1.80 bits per heavy atom. The van der Waals surface area contributed by atoms with Crippen molar-refractivity contribution in [3.05, 3.63) is 69.2 Å². The lowest BCUT2D eigenvalue weighted by Crippen LogP contribution is -2.08. The second-order valence-electron chi connectivity index (χ2n) is 9.33. The van der Waals surface area contributed by atoms with Gasteiger partial charge in [0.2, 0.25) is 23.1 Å². The SMILES string of the molecule is COc1cc(-c2noc3c2CCCC3=O)ccc1N.COc1cc(-c2noc3c2CCCC3=O)ccc1[N+](=O)[O-]. The molecular formula is C28H26N4O8. The number of aromatic nitrogens is 2. The number of rotatable bonds is 5. The Morgan fingerprint density at radius 2 is 1.30 bits per heavy atom. The number of nitro groups is 1. The number of methoxy groups -OCH3 is 2. The molecule has 2 aliphatic carbocycles. The van der Waals surface area contributed by atoms with Crippen molar-refractivity contribution in [2.24, 2.45) is 0 Å². The average Bonchev–Trinajstić information content (AvgIpc) is 3.60. The Hall–Kier alpha value is -5.00. The number of nitrogen functional groups attached to an aromatic ring is 1. The third kappa shape index (κ3) is 4.91. The maximum absolute atomic E-state index is 11.7. The number of nitrogens with zero attached hydrogens (tertiary/aromatic N) is 3. The summed E-state index contributed by atoms with van der Waals surface area (Å²) in [6.07, 6.45) is 4.11. The number of ether oxygens (including phenoxy) is 2. The van der Waals surface area contributed by atoms with Crippen LogP contribution in [0.2, 0.25) is 0 Å². The van der Waals surface area contributed by atoms with Gasteiger partial charge in [-0.2, -0.15) is 0 Å². The molecule has 0 spiro atoms. The molecule has 0 unspecified atom stereocenters. The number of nitrogens with two attached hydrogens (primary N) is 1. The Morgan fingerprint density at radius 1 is 0.800 bits per heavy atom. The highest BCUT2D eigenvalue weighted by Crippen LogP contribution is 2.36. The number of nitro benzene ring substituents is 1. The van der Waals surface area contributed by atoms with Gasteiger partial charge in [-0.25, -0.2) is 0 Å². The summed E-state index contributed by atoms with van der Waals surface area (Å²) >= 11 is 0. The molecule has 2 aliphatic rings. The molecule has 2 N–H and O–H groups in total. The largest absolute Gasteiger partial charge is 0.495 e. The van der Waals surface area contributed by atoms with E-state index in [0.717, 1.165) is 36.0 Å². The first-order valence-corrected chi connectivity index (χ1v) is 12.6. The molecule has 0 aliphatic heterocycles. The number of Topliss-reactive ketones (excluding diaryl/α,β-unsaturated/α-hetero) is 2. The van der Waals surface area contributed by atoms with Crippen molar-refractivity contribution in [2.75, 3.05) is 20.0 Å². The summed E-state index contributed by atoms with van der Waals surface area (Å²) in [6, 6.07) is 9.91. The standard InChI is InChI=1S/C14H12N2O5.C14H14N2O3/c1-20-12-7-8(5-6-10(12)16(18)19)13-9-3-2-4-11(17)14(9)21-15-13;1-18-12-7-8(5-6-10(12)15)13-9-3-2-4-11(17)14(9)19-16-13/h5-7H,2-4H2,1H3;5-7H,2-4,15H2,1H3. The zero-order chi connectivity index (χ0) is 28.4. The highest BCUT2D eigenvalue weighted by Gasteiger charge is 2.28. The molecule has 0 bridgehead atoms. The maximum Gasteiger partial charge on any atom is 0.310 e. The molecule has 6 rings (SSSR count). The molecule has 2 heterocycles. The molecule has 2 aromatic heterocycles. The highest BCUT2D eigenvalue weighted by molar-refractivity contribution is 5.98. The Balaban J connectivity index is 0.000000162. The Labute approximate surface area is 228 Å². The van der Waals surface area contributed by atoms with Gasteiger partial charge in [-0.3, -0.25) is 19.7 Å². The van der Waals surface area contributed by atoms with Gasteiger partial charge in [0.1, 0.15) is 17.1 Å². The summed E-state index contributed by atoms with van der Waals surface area (Å²) in [5.74, 6) is 1.42. The molecule has 0 saturated carbocycles. The van der Waals surface area contributed by atoms with Gasteiger partial charge in [0.25, 0.3) is 0 Å². The number of carbonyl (C=O) groups excluding carboxylic acids is 2. The molecule has 12 heteroatoms. The molecule has 4 aromatic rings. The normalized spacial score (nSPS) is 14.1. The number of carbonyl (C=O) groups is 2. The summed E-state index contributed by atoms with van der Waals surface area (Å²) < 4.78 is 20.6. The van der Waals surface area contributed by atoms with E-state index in [2.05, 4.69) is 10.3 Å². The van der Waals surface area contributed by atoms with Crippen LogP contribution in [-0.4, -0.2) is 41.0 Å². The van der Waals surface area contributed by atoms with Crippen molar-refractivity contribution in [1.82, 2.24) is 10.3 Å². The monoisotopic (exact) mass is 546 g/mol. The predicted octanol–water partition coefficient (Wildman–Crippen LogP) is 5.23. The molecule has 0 atom stereocenters. The number of ketones is 2. The van der Waals surface area contributed by atoms with Crippen molar-refractivity contribution < 1.29 is 33.0 Å². The van der Waals surface area contributed by atoms with Gasteiger partial charge in [-0.15, -0.1) is 0 Å². The first-order chi connectivity index (χ1) is 19.3. The van der Waals surface area contributed by atoms with Crippen LogP contribution in [0.15, 0.2) is 45.4 Å². The number of hydrogen-bond donors (Lipinski definition) is 1. The number of anilines is 1. The van der Waals surface area contributed by atoms with Gasteiger partial charge >= 0.3 is 5.69 Å². The summed E-state index contributed by atoms with van der Waals surface area (Å²) in [4.78, 5) is 33.9. The van der Waals surface area contributed by atoms with Gasteiger partial charge < -0.3 is 24.3 Å². The fraction of sp³-hybridized carbons (Fsp3) is 0.286. The molecular weight excluding hydrogens is 520 g/mol. The minimum absolute atomic E-state index is 0.0300. The van der Waals surface area contributed by atoms with Crippen LogP contribution in [0.1, 0.15) is 57.9 Å². The van der Waals surface area contributed by atoms with Crippen molar-refractivity contribution in [3.63, 3.8) is 0 Å². The van der Waals surface area contributed by atoms with Crippen molar-refractivity contribution >= 4 is 22.9 Å². The van der Waals surface area contributed by atoms with E-state index in [-0.39, 0.29) is 23.0 Å². The van der Waals surface area contributed by atoms with Gasteiger partial charge in [-0.05, 0) is 49.9 Å². The minimum atomic E-state index is -0.510. The fourth-order valence-electron chi connectivity index (χ4n) is 4.89. The van der Waals surface area contributed by atoms with Crippen LogP contribution in [0.5, 0.6) is 11.5 Å². The first-order valence-electron chi connectivity index (χ1n) is 12.6. The smallest absolute Gasteiger partial charge is 0.310 e. The van der Waals surface area contributed by atoms with Gasteiger partial charge in [0, 0.05) is 41.2 Å². The van der Waals surface area contributed by atoms with E-state index in [9.17, 15) is 19.7 Å². The zero-order valence-electron chi connectivity index (χ0n) is 21.9. The second kappa shape index (κ2) is 11.0. The predicted molar refractivity (Wildman–Crippen MR) is 143 cm³/mol. The second-order valence-corrected chi connectivity index (χ2v) is 9.33. The third-order valence-corrected chi connectivity index (χ3v) is 6.90. The van der Waals surface area contributed by atoms with Crippen molar-refractivity contribution in [1.29, 1.82) is 0 Å². The summed E-state index contributed by atoms with van der Waals surface area (Å²) in [5, 5.41) is 18.9. The van der Waals surface area contributed by atoms with Crippen molar-refractivity contribution in [2.45, 2.75) is 38.5 Å². The lowest BCUT2D eigenvalue weighted by atomic mass is 9.93. The van der Waals surface area contributed by atoms with Crippen molar-refractivity contribution in [3.8, 4) is 34.0 Å². The van der Waals surface area contributed by atoms with Crippen LogP contribution < -0.4 is 15.2 Å². The molecule has 206 valence electrons. The minimum Gasteiger partial charge on any atom is -0.495 e. The third-order valence-electron chi connectivity index (χ3n) is 6.90. The topological polar surface area (TPSA) is 174 Å². The van der Waals surface area contributed by atoms with E-state index in [4.69, 9.17) is 24.3 Å². The molecule has 0 saturated heterocycles. The lowest BCUT2D eigenvalue weighted by molar-refractivity contribution is -0.385. The molecule has 0 fully saturated rings. The van der Waals surface area contributed by atoms with Crippen LogP contribution in [0, 0.1) is 10.1 Å². The maximum atomic E-state index is 11.7. The summed E-state index contributed by atoms with van der Waals surface area (Å²) in [6.45, 7) is 0. The van der Waals surface area contributed by atoms with Crippen LogP contribution >= 0.6 is 0 Å². The van der Waals surface area contributed by atoms with Gasteiger partial charge in [0.15, 0.2) is 5.75 Å². The van der Waals surface area contributed by atoms with E-state index >= 15 is 0 Å². The zero-order valence-corrected chi connectivity index (χ0v) is 21.9. The van der Waals surface area contributed by atoms with E-state index in [1.807, 2.05) is 12.1 Å².